The molecular weight excluding hydrogens is 459 g/mol. The topological polar surface area (TPSA) is 123 Å². The van der Waals surface area contributed by atoms with Crippen molar-refractivity contribution < 1.29 is 27.8 Å². The van der Waals surface area contributed by atoms with Gasteiger partial charge in [0.15, 0.2) is 11.8 Å². The summed E-state index contributed by atoms with van der Waals surface area (Å²) in [7, 11) is 0. The van der Waals surface area contributed by atoms with Crippen LogP contribution in [-0.2, 0) is 5.54 Å². The zero-order chi connectivity index (χ0) is 24.0. The number of hydrogen-bond donors (Lipinski definition) is 3. The van der Waals surface area contributed by atoms with E-state index >= 15 is 0 Å². The molecule has 0 bridgehead atoms. The summed E-state index contributed by atoms with van der Waals surface area (Å²) in [6, 6.07) is 3.52. The number of nitrogens with one attached hydrogen (secondary N) is 1. The van der Waals surface area contributed by atoms with Gasteiger partial charge in [0.1, 0.15) is 16.3 Å². The van der Waals surface area contributed by atoms with Gasteiger partial charge in [-0.05, 0) is 25.1 Å². The van der Waals surface area contributed by atoms with Gasteiger partial charge in [-0.2, -0.15) is 0 Å². The average molecular weight is 477 g/mol. The third-order valence-corrected chi connectivity index (χ3v) is 6.97. The molecule has 0 unspecified atom stereocenters. The van der Waals surface area contributed by atoms with Crippen molar-refractivity contribution in [1.82, 2.24) is 9.97 Å². The molecule has 4 N–H and O–H groups in total. The van der Waals surface area contributed by atoms with Crippen molar-refractivity contribution in [2.75, 3.05) is 18.5 Å². The summed E-state index contributed by atoms with van der Waals surface area (Å²) < 4.78 is 47.5. The number of carbonyl (C=O) groups is 1. The van der Waals surface area contributed by atoms with E-state index in [1.165, 1.54) is 25.3 Å². The van der Waals surface area contributed by atoms with E-state index in [0.29, 0.717) is 11.8 Å². The standard InChI is InChI=1S/C21H18F3N5O3S/c1-3-6-32-15-9-26-14(8-27-15)16(31)28-11-4-5-13(22)12(7-11)19(2)17-20(10-30,21(17,23)24)33-18(25)29-19/h1,4-5,7-9,17,30H,6,10H2,2H3,(H2,25,29)(H,28,31)/t17-,19+,20+/m0/s1. The number of thioether (sulfide) groups is 1. The molecule has 33 heavy (non-hydrogen) atoms. The van der Waals surface area contributed by atoms with Crippen LogP contribution in [0.1, 0.15) is 23.0 Å². The number of ether oxygens (including phenoxy) is 1. The van der Waals surface area contributed by atoms with Gasteiger partial charge >= 0.3 is 0 Å². The van der Waals surface area contributed by atoms with Gasteiger partial charge in [-0.25, -0.2) is 23.1 Å². The van der Waals surface area contributed by atoms with E-state index in [1.807, 2.05) is 0 Å². The average Bonchev–Trinajstić information content (AvgIpc) is 3.29. The summed E-state index contributed by atoms with van der Waals surface area (Å²) in [5.74, 6) is -3.88. The van der Waals surface area contributed by atoms with Crippen LogP contribution < -0.4 is 15.8 Å². The molecule has 2 aliphatic rings. The van der Waals surface area contributed by atoms with E-state index in [1.54, 1.807) is 0 Å². The van der Waals surface area contributed by atoms with Crippen molar-refractivity contribution in [3.05, 3.63) is 47.7 Å². The van der Waals surface area contributed by atoms with Crippen LogP contribution in [0.2, 0.25) is 0 Å². The number of aliphatic imine (C=N–C) groups is 1. The summed E-state index contributed by atoms with van der Waals surface area (Å²) in [5, 5.41) is 12.0. The normalized spacial score (nSPS) is 27.0. The molecule has 172 valence electrons. The molecule has 1 amide bonds. The summed E-state index contributed by atoms with van der Waals surface area (Å²) in [6.45, 7) is 0.472. The van der Waals surface area contributed by atoms with Crippen molar-refractivity contribution in [1.29, 1.82) is 0 Å². The fourth-order valence-corrected chi connectivity index (χ4v) is 5.49. The van der Waals surface area contributed by atoms with Gasteiger partial charge in [-0.1, -0.05) is 17.7 Å². The van der Waals surface area contributed by atoms with Gasteiger partial charge in [0, 0.05) is 11.3 Å². The Morgan fingerprint density at radius 2 is 2.15 bits per heavy atom. The zero-order valence-electron chi connectivity index (χ0n) is 17.2. The molecule has 2 aromatic rings. The lowest BCUT2D eigenvalue weighted by molar-refractivity contribution is 0.0685. The number of aliphatic hydroxyl groups is 1. The number of aliphatic hydroxyl groups excluding tert-OH is 1. The largest absolute Gasteiger partial charge is 0.463 e. The first-order chi connectivity index (χ1) is 15.6. The summed E-state index contributed by atoms with van der Waals surface area (Å²) >= 11 is 0.590. The molecule has 1 saturated carbocycles. The molecule has 3 atom stereocenters. The smallest absolute Gasteiger partial charge is 0.275 e. The second kappa shape index (κ2) is 7.93. The van der Waals surface area contributed by atoms with Gasteiger partial charge in [0.25, 0.3) is 11.8 Å². The molecular formula is C21H18F3N5O3S. The van der Waals surface area contributed by atoms with E-state index in [9.17, 15) is 23.1 Å². The first kappa shape index (κ1) is 22.9. The maximum absolute atomic E-state index is 14.8. The number of carbonyl (C=O) groups excluding carboxylic acids is 1. The molecule has 0 saturated heterocycles. The Labute approximate surface area is 190 Å². The van der Waals surface area contributed by atoms with Crippen LogP contribution in [0.25, 0.3) is 0 Å². The molecule has 4 rings (SSSR count). The number of fused-ring (bicyclic) bond motifs is 1. The van der Waals surface area contributed by atoms with Crippen LogP contribution in [0, 0.1) is 24.1 Å². The van der Waals surface area contributed by atoms with Crippen LogP contribution in [0.4, 0.5) is 18.9 Å². The number of aromatic nitrogens is 2. The van der Waals surface area contributed by atoms with Gasteiger partial charge in [0.05, 0.1) is 30.5 Å². The molecule has 1 aromatic heterocycles. The Morgan fingerprint density at radius 3 is 2.79 bits per heavy atom. The lowest BCUT2D eigenvalue weighted by atomic mass is 9.85. The Hall–Kier alpha value is -3.30. The van der Waals surface area contributed by atoms with Crippen molar-refractivity contribution in [2.24, 2.45) is 16.6 Å². The van der Waals surface area contributed by atoms with E-state index in [4.69, 9.17) is 16.9 Å². The molecule has 1 aliphatic heterocycles. The molecule has 0 spiro atoms. The number of nitrogens with zero attached hydrogens (tertiary/aromatic N) is 3. The van der Waals surface area contributed by atoms with Crippen LogP contribution in [-0.4, -0.2) is 50.0 Å². The van der Waals surface area contributed by atoms with Crippen LogP contribution >= 0.6 is 11.8 Å². The van der Waals surface area contributed by atoms with Crippen molar-refractivity contribution in [2.45, 2.75) is 23.1 Å². The van der Waals surface area contributed by atoms with E-state index in [0.717, 1.165) is 12.3 Å². The van der Waals surface area contributed by atoms with Crippen LogP contribution in [0.15, 0.2) is 35.6 Å². The van der Waals surface area contributed by atoms with E-state index < -0.39 is 40.5 Å². The lowest BCUT2D eigenvalue weighted by Crippen LogP contribution is -2.37. The van der Waals surface area contributed by atoms with E-state index in [-0.39, 0.29) is 34.6 Å². The summed E-state index contributed by atoms with van der Waals surface area (Å²) in [4.78, 5) is 24.5. The number of anilines is 1. The number of alkyl halides is 2. The maximum Gasteiger partial charge on any atom is 0.275 e. The number of hydrogen-bond acceptors (Lipinski definition) is 8. The van der Waals surface area contributed by atoms with Crippen molar-refractivity contribution >= 4 is 28.5 Å². The van der Waals surface area contributed by atoms with Crippen molar-refractivity contribution in [3.63, 3.8) is 0 Å². The highest BCUT2D eigenvalue weighted by Crippen LogP contribution is 2.74. The number of rotatable bonds is 6. The maximum atomic E-state index is 14.8. The number of halogens is 3. The Morgan fingerprint density at radius 1 is 1.39 bits per heavy atom. The Kier molecular flexibility index (Phi) is 5.50. The minimum atomic E-state index is -3.32. The van der Waals surface area contributed by atoms with Gasteiger partial charge in [0.2, 0.25) is 5.88 Å². The third-order valence-electron chi connectivity index (χ3n) is 5.67. The van der Waals surface area contributed by atoms with Crippen LogP contribution in [0.5, 0.6) is 5.88 Å². The SMILES string of the molecule is C#CCOc1cnc(C(=O)Nc2ccc(F)c([C@@]3(C)N=C(N)S[C@]4(CO)[C@H]3C4(F)F)c2)cn1. The quantitative estimate of drug-likeness (QED) is 0.545. The highest BCUT2D eigenvalue weighted by molar-refractivity contribution is 8.15. The highest BCUT2D eigenvalue weighted by atomic mass is 32.2. The Balaban J connectivity index is 1.62. The van der Waals surface area contributed by atoms with Gasteiger partial charge < -0.3 is 20.9 Å². The molecule has 1 aromatic carbocycles. The number of amidine groups is 1. The summed E-state index contributed by atoms with van der Waals surface area (Å²) in [5.41, 5.74) is 3.88. The Bertz CT molecular complexity index is 1190. The second-order valence-corrected chi connectivity index (χ2v) is 9.04. The first-order valence-corrected chi connectivity index (χ1v) is 10.4. The van der Waals surface area contributed by atoms with Crippen LogP contribution in [0.3, 0.4) is 0 Å². The molecule has 8 nitrogen and oxygen atoms in total. The molecule has 12 heteroatoms. The second-order valence-electron chi connectivity index (χ2n) is 7.68. The number of benzene rings is 1. The number of amides is 1. The van der Waals surface area contributed by atoms with Gasteiger partial charge in [-0.15, -0.1) is 6.42 Å². The third kappa shape index (κ3) is 3.57. The monoisotopic (exact) mass is 477 g/mol. The zero-order valence-corrected chi connectivity index (χ0v) is 18.0. The fraction of sp³-hybridized carbons (Fsp3) is 0.333. The predicted molar refractivity (Wildman–Crippen MR) is 116 cm³/mol. The van der Waals surface area contributed by atoms with Gasteiger partial charge in [-0.3, -0.25) is 9.79 Å². The predicted octanol–water partition coefficient (Wildman–Crippen LogP) is 2.15. The minimum absolute atomic E-state index is 0.0134. The van der Waals surface area contributed by atoms with E-state index in [2.05, 4.69) is 26.2 Å². The molecule has 2 heterocycles. The first-order valence-electron chi connectivity index (χ1n) is 9.62. The molecule has 1 fully saturated rings. The summed E-state index contributed by atoms with van der Waals surface area (Å²) in [6.07, 6.45) is 7.47. The molecule has 1 aliphatic carbocycles. The number of nitrogens with two attached hydrogens (primary N) is 1. The minimum Gasteiger partial charge on any atom is -0.463 e. The fourth-order valence-electron chi connectivity index (χ4n) is 4.12. The lowest BCUT2D eigenvalue weighted by Gasteiger charge is -2.32. The number of terminal acetylenes is 1. The molecule has 0 radical (unpaired) electrons. The van der Waals surface area contributed by atoms with Crippen molar-refractivity contribution in [3.8, 4) is 18.2 Å². The highest BCUT2D eigenvalue weighted by Gasteiger charge is 2.87.